The van der Waals surface area contributed by atoms with Gasteiger partial charge in [-0.25, -0.2) is 13.1 Å². The van der Waals surface area contributed by atoms with Gasteiger partial charge in [0, 0.05) is 19.6 Å². The van der Waals surface area contributed by atoms with Crippen LogP contribution in [0, 0.1) is 0 Å². The largest absolute Gasteiger partial charge is 0.312 e. The summed E-state index contributed by atoms with van der Waals surface area (Å²) >= 11 is 0. The number of fused-ring (bicyclic) bond motifs is 1. The second kappa shape index (κ2) is 10.2. The van der Waals surface area contributed by atoms with E-state index in [2.05, 4.69) is 10.0 Å². The summed E-state index contributed by atoms with van der Waals surface area (Å²) in [5.41, 5.74) is 1.14. The molecule has 0 bridgehead atoms. The van der Waals surface area contributed by atoms with Gasteiger partial charge in [-0.1, -0.05) is 72.8 Å². The predicted octanol–water partition coefficient (Wildman–Crippen LogP) is 3.84. The molecule has 0 fully saturated rings. The standard InChI is InChI=1S/C21H22N2O2S.ClH/c24-26(25,21-13-12-19-10-4-5-11-20(19)17-21)23-16-15-22-14-6-9-18-7-2-1-3-8-18;/h1-13,17,22-23H,14-16H2;1H. The van der Waals surface area contributed by atoms with Crippen molar-refractivity contribution in [1.29, 1.82) is 0 Å². The summed E-state index contributed by atoms with van der Waals surface area (Å²) in [7, 11) is -3.50. The van der Waals surface area contributed by atoms with E-state index in [0.29, 0.717) is 24.5 Å². The van der Waals surface area contributed by atoms with E-state index in [1.165, 1.54) is 0 Å². The van der Waals surface area contributed by atoms with Crippen molar-refractivity contribution in [2.45, 2.75) is 4.90 Å². The fraction of sp³-hybridized carbons (Fsp3) is 0.143. The quantitative estimate of drug-likeness (QED) is 0.563. The molecule has 0 radical (unpaired) electrons. The van der Waals surface area contributed by atoms with Crippen LogP contribution >= 0.6 is 12.4 Å². The van der Waals surface area contributed by atoms with E-state index in [4.69, 9.17) is 0 Å². The number of benzene rings is 3. The third-order valence-corrected chi connectivity index (χ3v) is 5.46. The molecule has 2 N–H and O–H groups in total. The van der Waals surface area contributed by atoms with Gasteiger partial charge in [-0.15, -0.1) is 12.4 Å². The smallest absolute Gasteiger partial charge is 0.240 e. The number of hydrogen-bond acceptors (Lipinski definition) is 3. The minimum atomic E-state index is -3.50. The maximum absolute atomic E-state index is 12.4. The second-order valence-electron chi connectivity index (χ2n) is 5.92. The molecule has 0 aliphatic rings. The first kappa shape index (κ1) is 21.1. The van der Waals surface area contributed by atoms with E-state index in [1.54, 1.807) is 12.1 Å². The molecule has 0 saturated carbocycles. The Balaban J connectivity index is 0.00000261. The van der Waals surface area contributed by atoms with E-state index in [9.17, 15) is 8.42 Å². The Morgan fingerprint density at radius 2 is 1.52 bits per heavy atom. The Bertz CT molecular complexity index is 989. The summed E-state index contributed by atoms with van der Waals surface area (Å²) in [5.74, 6) is 0. The molecule has 142 valence electrons. The van der Waals surface area contributed by atoms with E-state index < -0.39 is 10.0 Å². The summed E-state index contributed by atoms with van der Waals surface area (Å²) in [4.78, 5) is 0.292. The van der Waals surface area contributed by atoms with Crippen LogP contribution < -0.4 is 10.0 Å². The summed E-state index contributed by atoms with van der Waals surface area (Å²) in [5, 5.41) is 5.14. The van der Waals surface area contributed by atoms with Crippen LogP contribution in [0.25, 0.3) is 16.8 Å². The zero-order valence-corrected chi connectivity index (χ0v) is 16.5. The normalized spacial score (nSPS) is 11.6. The van der Waals surface area contributed by atoms with Crippen molar-refractivity contribution in [2.75, 3.05) is 19.6 Å². The van der Waals surface area contributed by atoms with Crippen LogP contribution in [0.3, 0.4) is 0 Å². The number of hydrogen-bond donors (Lipinski definition) is 2. The van der Waals surface area contributed by atoms with Crippen molar-refractivity contribution in [3.05, 3.63) is 84.4 Å². The molecule has 0 aliphatic heterocycles. The number of nitrogens with one attached hydrogen (secondary N) is 2. The SMILES string of the molecule is Cl.O=S(=O)(NCCNCC=Cc1ccccc1)c1ccc2ccccc2c1. The average molecular weight is 403 g/mol. The molecule has 27 heavy (non-hydrogen) atoms. The fourth-order valence-electron chi connectivity index (χ4n) is 2.64. The molecule has 4 nitrogen and oxygen atoms in total. The van der Waals surface area contributed by atoms with Gasteiger partial charge in [0.1, 0.15) is 0 Å². The lowest BCUT2D eigenvalue weighted by molar-refractivity contribution is 0.578. The predicted molar refractivity (Wildman–Crippen MR) is 115 cm³/mol. The molecule has 3 rings (SSSR count). The first-order chi connectivity index (χ1) is 12.6. The molecule has 0 unspecified atom stereocenters. The Hall–Kier alpha value is -2.18. The molecule has 0 saturated heterocycles. The van der Waals surface area contributed by atoms with Crippen molar-refractivity contribution in [3.8, 4) is 0 Å². The van der Waals surface area contributed by atoms with E-state index in [-0.39, 0.29) is 12.4 Å². The molecule has 3 aromatic carbocycles. The Morgan fingerprint density at radius 1 is 0.815 bits per heavy atom. The Labute approximate surface area is 166 Å². The summed E-state index contributed by atoms with van der Waals surface area (Å²) in [6.45, 7) is 1.59. The van der Waals surface area contributed by atoms with Gasteiger partial charge in [0.25, 0.3) is 0 Å². The molecule has 0 heterocycles. The Kier molecular flexibility index (Phi) is 8.00. The van der Waals surface area contributed by atoms with Crippen LogP contribution in [0.5, 0.6) is 0 Å². The van der Waals surface area contributed by atoms with Crippen molar-refractivity contribution < 1.29 is 8.42 Å². The van der Waals surface area contributed by atoms with Crippen LogP contribution in [0.2, 0.25) is 0 Å². The van der Waals surface area contributed by atoms with Gasteiger partial charge in [0.15, 0.2) is 0 Å². The van der Waals surface area contributed by atoms with Crippen LogP contribution in [0.15, 0.2) is 83.8 Å². The van der Waals surface area contributed by atoms with Crippen molar-refractivity contribution in [1.82, 2.24) is 10.0 Å². The lowest BCUT2D eigenvalue weighted by atomic mass is 10.1. The van der Waals surface area contributed by atoms with Crippen LogP contribution in [-0.4, -0.2) is 28.1 Å². The highest BCUT2D eigenvalue weighted by Crippen LogP contribution is 2.18. The van der Waals surface area contributed by atoms with Gasteiger partial charge < -0.3 is 5.32 Å². The highest BCUT2D eigenvalue weighted by atomic mass is 35.5. The molecule has 0 aromatic heterocycles. The number of halogens is 1. The molecular formula is C21H23ClN2O2S. The molecule has 0 spiro atoms. The maximum atomic E-state index is 12.4. The van der Waals surface area contributed by atoms with Gasteiger partial charge >= 0.3 is 0 Å². The maximum Gasteiger partial charge on any atom is 0.240 e. The molecule has 3 aromatic rings. The van der Waals surface area contributed by atoms with E-state index in [1.807, 2.05) is 72.8 Å². The summed E-state index contributed by atoms with van der Waals surface area (Å²) < 4.78 is 27.4. The molecular weight excluding hydrogens is 380 g/mol. The number of sulfonamides is 1. The third kappa shape index (κ3) is 6.19. The highest BCUT2D eigenvalue weighted by molar-refractivity contribution is 7.89. The zero-order chi connectivity index (χ0) is 18.2. The molecule has 0 aliphatic carbocycles. The summed E-state index contributed by atoms with van der Waals surface area (Å²) in [6, 6.07) is 22.9. The molecule has 6 heteroatoms. The van der Waals surface area contributed by atoms with Gasteiger partial charge in [-0.2, -0.15) is 0 Å². The molecule has 0 atom stereocenters. The van der Waals surface area contributed by atoms with Crippen molar-refractivity contribution in [3.63, 3.8) is 0 Å². The molecule has 0 amide bonds. The lowest BCUT2D eigenvalue weighted by Crippen LogP contribution is -2.31. The van der Waals surface area contributed by atoms with Gasteiger partial charge in [0.05, 0.1) is 4.90 Å². The van der Waals surface area contributed by atoms with E-state index in [0.717, 1.165) is 16.3 Å². The highest BCUT2D eigenvalue weighted by Gasteiger charge is 2.13. The van der Waals surface area contributed by atoms with Gasteiger partial charge in [-0.05, 0) is 28.5 Å². The summed E-state index contributed by atoms with van der Waals surface area (Å²) in [6.07, 6.45) is 4.05. The van der Waals surface area contributed by atoms with Crippen LogP contribution in [-0.2, 0) is 10.0 Å². The third-order valence-electron chi connectivity index (χ3n) is 4.00. The van der Waals surface area contributed by atoms with E-state index >= 15 is 0 Å². The van der Waals surface area contributed by atoms with Crippen molar-refractivity contribution in [2.24, 2.45) is 0 Å². The topological polar surface area (TPSA) is 58.2 Å². The average Bonchev–Trinajstić information content (AvgIpc) is 2.67. The van der Waals surface area contributed by atoms with Crippen LogP contribution in [0.1, 0.15) is 5.56 Å². The van der Waals surface area contributed by atoms with Gasteiger partial charge in [-0.3, -0.25) is 0 Å². The number of rotatable bonds is 8. The van der Waals surface area contributed by atoms with Gasteiger partial charge in [0.2, 0.25) is 10.0 Å². The van der Waals surface area contributed by atoms with Crippen LogP contribution in [0.4, 0.5) is 0 Å². The minimum Gasteiger partial charge on any atom is -0.312 e. The first-order valence-electron chi connectivity index (χ1n) is 8.56. The minimum absolute atomic E-state index is 0. The second-order valence-corrected chi connectivity index (χ2v) is 7.69. The Morgan fingerprint density at radius 3 is 2.30 bits per heavy atom. The zero-order valence-electron chi connectivity index (χ0n) is 14.8. The first-order valence-corrected chi connectivity index (χ1v) is 10.0. The fourth-order valence-corrected chi connectivity index (χ4v) is 3.70. The monoisotopic (exact) mass is 402 g/mol. The van der Waals surface area contributed by atoms with Crippen molar-refractivity contribution >= 4 is 39.3 Å². The lowest BCUT2D eigenvalue weighted by Gasteiger charge is -2.08.